The van der Waals surface area contributed by atoms with E-state index in [1.54, 1.807) is 0 Å². The van der Waals surface area contributed by atoms with E-state index in [0.717, 1.165) is 28.1 Å². The van der Waals surface area contributed by atoms with Gasteiger partial charge in [0.15, 0.2) is 0 Å². The van der Waals surface area contributed by atoms with Crippen molar-refractivity contribution in [2.75, 3.05) is 0 Å². The summed E-state index contributed by atoms with van der Waals surface area (Å²) >= 11 is -11.3. The van der Waals surface area contributed by atoms with Crippen molar-refractivity contribution < 1.29 is 15.6 Å². The Labute approximate surface area is 343 Å². The molecule has 8 rings (SSSR count). The first-order valence-electron chi connectivity index (χ1n) is 19.0. The fourth-order valence-electron chi connectivity index (χ4n) is 8.39. The molecule has 0 fully saturated rings. The van der Waals surface area contributed by atoms with Gasteiger partial charge in [-0.1, -0.05) is 0 Å². The zero-order chi connectivity index (χ0) is 39.8. The summed E-state index contributed by atoms with van der Waals surface area (Å²) in [5.74, 6) is 3.71. The first kappa shape index (κ1) is 38.8. The molecule has 0 amide bonds. The van der Waals surface area contributed by atoms with Gasteiger partial charge in [0.25, 0.3) is 0 Å². The summed E-state index contributed by atoms with van der Waals surface area (Å²) in [7, 11) is 0. The molecule has 58 heavy (non-hydrogen) atoms. The number of hydrogen-bond acceptors (Lipinski definition) is 4. The third-order valence-corrected chi connectivity index (χ3v) is 43.1. The Bertz CT molecular complexity index is 2180. The van der Waals surface area contributed by atoms with Gasteiger partial charge in [0, 0.05) is 0 Å². The molecule has 0 spiro atoms. The van der Waals surface area contributed by atoms with Crippen LogP contribution in [0.3, 0.4) is 0 Å². The molecule has 6 heteroatoms. The molecule has 0 aromatic heterocycles. The predicted octanol–water partition coefficient (Wildman–Crippen LogP) is 5.13. The van der Waals surface area contributed by atoms with Crippen molar-refractivity contribution >= 4 is 75.7 Å². The second-order valence-corrected chi connectivity index (χ2v) is 38.4. The van der Waals surface area contributed by atoms with E-state index in [-0.39, 0.29) is 0 Å². The molecule has 0 saturated heterocycles. The summed E-state index contributed by atoms with van der Waals surface area (Å²) in [5.41, 5.74) is 0. The van der Waals surface area contributed by atoms with Gasteiger partial charge in [0.1, 0.15) is 0 Å². The topological polar surface area (TPSA) is 52.6 Å². The summed E-state index contributed by atoms with van der Waals surface area (Å²) in [4.78, 5) is 29.7. The van der Waals surface area contributed by atoms with E-state index in [9.17, 15) is 9.59 Å². The molecule has 0 radical (unpaired) electrons. The SMILES string of the molecule is O=C(C#CC(=O)[O][Sb]([c]1ccccc1)([c]1ccccc1)([c]1ccccc1)[c]1ccccc1)[O][Sb]([c]1ccccc1)([c]1ccccc1)([c]1ccccc1)[c]1ccccc1. The predicted molar refractivity (Wildman–Crippen MR) is 240 cm³/mol. The van der Waals surface area contributed by atoms with E-state index in [1.807, 2.05) is 243 Å². The van der Waals surface area contributed by atoms with E-state index in [1.165, 1.54) is 0 Å². The number of hydrogen-bond donors (Lipinski definition) is 0. The molecule has 0 aliphatic heterocycles. The van der Waals surface area contributed by atoms with E-state index >= 15 is 0 Å². The molecular weight excluding hydrogens is 932 g/mol. The summed E-state index contributed by atoms with van der Waals surface area (Å²) < 4.78 is 21.5. The molecule has 0 N–H and O–H groups in total. The Morgan fingerprint density at radius 2 is 0.397 bits per heavy atom. The summed E-state index contributed by atoms with van der Waals surface area (Å²) in [5, 5.41) is 0. The first-order valence-corrected chi connectivity index (χ1v) is 31.3. The molecule has 0 bridgehead atoms. The van der Waals surface area contributed by atoms with Crippen molar-refractivity contribution in [1.82, 2.24) is 0 Å². The third-order valence-electron chi connectivity index (χ3n) is 10.8. The first-order chi connectivity index (χ1) is 28.5. The van der Waals surface area contributed by atoms with E-state index < -0.39 is 47.6 Å². The van der Waals surface area contributed by atoms with Gasteiger partial charge in [-0.05, 0) is 0 Å². The van der Waals surface area contributed by atoms with Crippen LogP contribution in [-0.4, -0.2) is 47.6 Å². The Morgan fingerprint density at radius 3 is 0.534 bits per heavy atom. The van der Waals surface area contributed by atoms with Crippen molar-refractivity contribution in [2.24, 2.45) is 0 Å². The van der Waals surface area contributed by atoms with Crippen LogP contribution in [0.4, 0.5) is 0 Å². The van der Waals surface area contributed by atoms with Gasteiger partial charge >= 0.3 is 346 Å². The van der Waals surface area contributed by atoms with Gasteiger partial charge in [0.2, 0.25) is 0 Å². The average molecular weight is 972 g/mol. The molecule has 4 nitrogen and oxygen atoms in total. The van der Waals surface area contributed by atoms with Crippen molar-refractivity contribution in [3.8, 4) is 11.8 Å². The Morgan fingerprint density at radius 1 is 0.259 bits per heavy atom. The molecule has 8 aromatic rings. The summed E-state index contributed by atoms with van der Waals surface area (Å²) in [6, 6.07) is 79.8. The maximum absolute atomic E-state index is 14.9. The van der Waals surface area contributed by atoms with Crippen LogP contribution in [0.5, 0.6) is 0 Å². The van der Waals surface area contributed by atoms with Crippen LogP contribution in [0.1, 0.15) is 0 Å². The van der Waals surface area contributed by atoms with Crippen LogP contribution in [0.2, 0.25) is 0 Å². The van der Waals surface area contributed by atoms with Gasteiger partial charge in [-0.2, -0.15) is 0 Å². The Balaban J connectivity index is 1.35. The number of benzene rings is 8. The number of carbonyl (C=O) groups is 2. The second kappa shape index (κ2) is 16.4. The van der Waals surface area contributed by atoms with Crippen molar-refractivity contribution in [1.29, 1.82) is 0 Å². The van der Waals surface area contributed by atoms with Crippen molar-refractivity contribution in [3.05, 3.63) is 243 Å². The Kier molecular flexibility index (Phi) is 11.0. The van der Waals surface area contributed by atoms with Gasteiger partial charge in [-0.3, -0.25) is 0 Å². The Hall–Kier alpha value is -6.10. The molecule has 0 heterocycles. The molecule has 282 valence electrons. The number of rotatable bonds is 10. The summed E-state index contributed by atoms with van der Waals surface area (Å²) in [6.45, 7) is 0. The fraction of sp³-hybridized carbons (Fsp3) is 0. The normalized spacial score (nSPS) is 12.6. The van der Waals surface area contributed by atoms with Gasteiger partial charge < -0.3 is 0 Å². The number of carbonyl (C=O) groups excluding carboxylic acids is 2. The van der Waals surface area contributed by atoms with Gasteiger partial charge in [-0.25, -0.2) is 0 Å². The molecular formula is C52H40O4Sb2. The molecule has 0 unspecified atom stereocenters. The standard InChI is InChI=1S/8C6H5.C4H2O4.2Sb/c8*1-2-4-6-5-3-1;5-3(6)1-2-4(7)8;;/h8*1-5H;(H,5,6)(H,7,8);;/q;;;;;;;;;2*+1/p-2. The van der Waals surface area contributed by atoms with Crippen LogP contribution in [-0.2, 0) is 15.6 Å². The van der Waals surface area contributed by atoms with Crippen LogP contribution in [0.25, 0.3) is 0 Å². The maximum atomic E-state index is 14.9. The zero-order valence-electron chi connectivity index (χ0n) is 31.6. The molecule has 0 atom stereocenters. The zero-order valence-corrected chi connectivity index (χ0v) is 36.7. The minimum atomic E-state index is -5.64. The average Bonchev–Trinajstić information content (AvgIpc) is 3.32. The van der Waals surface area contributed by atoms with Crippen LogP contribution in [0.15, 0.2) is 243 Å². The molecule has 0 aliphatic rings. The summed E-state index contributed by atoms with van der Waals surface area (Å²) in [6.07, 6.45) is 0. The van der Waals surface area contributed by atoms with Crippen molar-refractivity contribution in [3.63, 3.8) is 0 Å². The van der Waals surface area contributed by atoms with Gasteiger partial charge in [0.05, 0.1) is 0 Å². The van der Waals surface area contributed by atoms with Gasteiger partial charge in [-0.15, -0.1) is 0 Å². The van der Waals surface area contributed by atoms with Crippen LogP contribution < -0.4 is 28.1 Å². The monoisotopic (exact) mass is 970 g/mol. The molecule has 0 saturated carbocycles. The minimum absolute atomic E-state index is 0.827. The van der Waals surface area contributed by atoms with Crippen LogP contribution >= 0.6 is 0 Å². The van der Waals surface area contributed by atoms with Crippen molar-refractivity contribution in [2.45, 2.75) is 0 Å². The quantitative estimate of drug-likeness (QED) is 0.141. The second-order valence-electron chi connectivity index (χ2n) is 13.8. The third kappa shape index (κ3) is 6.18. The fourth-order valence-corrected chi connectivity index (χ4v) is 40.1. The molecule has 0 aliphatic carbocycles. The van der Waals surface area contributed by atoms with Crippen LogP contribution in [0, 0.1) is 11.8 Å². The molecule has 8 aromatic carbocycles. The van der Waals surface area contributed by atoms with E-state index in [4.69, 9.17) is 6.03 Å². The van der Waals surface area contributed by atoms with E-state index in [0.29, 0.717) is 0 Å². The van der Waals surface area contributed by atoms with E-state index in [2.05, 4.69) is 11.8 Å².